The van der Waals surface area contributed by atoms with Crippen LogP contribution in [0.2, 0.25) is 0 Å². The second kappa shape index (κ2) is 7.01. The number of fused-ring (bicyclic) bond motifs is 1. The van der Waals surface area contributed by atoms with Gasteiger partial charge in [-0.1, -0.05) is 0 Å². The Morgan fingerprint density at radius 3 is 2.67 bits per heavy atom. The molecule has 1 aliphatic rings. The van der Waals surface area contributed by atoms with Crippen LogP contribution in [0.25, 0.3) is 11.0 Å². The van der Waals surface area contributed by atoms with Crippen molar-refractivity contribution < 1.29 is 23.8 Å². The Morgan fingerprint density at radius 1 is 1.26 bits per heavy atom. The highest BCUT2D eigenvalue weighted by Gasteiger charge is 2.43. The molecule has 1 saturated heterocycles. The summed E-state index contributed by atoms with van der Waals surface area (Å²) >= 11 is 0. The average molecular weight is 377 g/mol. The van der Waals surface area contributed by atoms with Crippen LogP contribution in [0.4, 0.5) is 4.79 Å². The maximum absolute atomic E-state index is 12.5. The molecule has 1 amide bonds. The van der Waals surface area contributed by atoms with Crippen molar-refractivity contribution in [3.05, 3.63) is 12.5 Å². The SMILES string of the molecule is COC(=O)C1CC(Oc2ncnc3c2cnn3C)CN1C(=O)OC(C)(C)C. The minimum Gasteiger partial charge on any atom is -0.472 e. The van der Waals surface area contributed by atoms with Crippen LogP contribution in [0.15, 0.2) is 12.5 Å². The van der Waals surface area contributed by atoms with E-state index in [0.717, 1.165) is 0 Å². The first-order valence-electron chi connectivity index (χ1n) is 8.56. The van der Waals surface area contributed by atoms with E-state index in [1.54, 1.807) is 38.7 Å². The first kappa shape index (κ1) is 18.9. The van der Waals surface area contributed by atoms with E-state index in [-0.39, 0.29) is 13.0 Å². The third-order valence-electron chi connectivity index (χ3n) is 4.14. The van der Waals surface area contributed by atoms with Gasteiger partial charge in [0.25, 0.3) is 0 Å². The fourth-order valence-electron chi connectivity index (χ4n) is 2.96. The summed E-state index contributed by atoms with van der Waals surface area (Å²) in [6.07, 6.45) is 2.25. The summed E-state index contributed by atoms with van der Waals surface area (Å²) in [5.41, 5.74) is -0.0443. The molecule has 2 atom stereocenters. The van der Waals surface area contributed by atoms with E-state index >= 15 is 0 Å². The zero-order valence-electron chi connectivity index (χ0n) is 16.0. The molecule has 3 heterocycles. The standard InChI is InChI=1S/C17H23N5O5/c1-17(2,3)27-16(24)22-8-10(6-12(22)15(23)25-5)26-14-11-7-20-21(4)13(11)18-9-19-14/h7,9-10,12H,6,8H2,1-5H3. The number of aryl methyl sites for hydroxylation is 1. The summed E-state index contributed by atoms with van der Waals surface area (Å²) in [6.45, 7) is 5.48. The van der Waals surface area contributed by atoms with Gasteiger partial charge in [-0.15, -0.1) is 0 Å². The van der Waals surface area contributed by atoms with Crippen LogP contribution in [0.1, 0.15) is 27.2 Å². The third kappa shape index (κ3) is 3.93. The molecule has 0 bridgehead atoms. The van der Waals surface area contributed by atoms with Crippen molar-refractivity contribution in [3.8, 4) is 5.88 Å². The molecule has 0 aliphatic carbocycles. The molecule has 0 radical (unpaired) electrons. The van der Waals surface area contributed by atoms with Gasteiger partial charge in [0.1, 0.15) is 29.5 Å². The molecule has 10 nitrogen and oxygen atoms in total. The van der Waals surface area contributed by atoms with Crippen LogP contribution in [-0.2, 0) is 21.3 Å². The van der Waals surface area contributed by atoms with Gasteiger partial charge in [-0.2, -0.15) is 5.10 Å². The zero-order valence-corrected chi connectivity index (χ0v) is 16.0. The normalized spacial score (nSPS) is 20.0. The van der Waals surface area contributed by atoms with Crippen molar-refractivity contribution in [2.45, 2.75) is 44.9 Å². The van der Waals surface area contributed by atoms with Gasteiger partial charge in [0.2, 0.25) is 5.88 Å². The number of esters is 1. The maximum atomic E-state index is 12.5. The van der Waals surface area contributed by atoms with Gasteiger partial charge in [0, 0.05) is 13.5 Å². The number of hydrogen-bond donors (Lipinski definition) is 0. The van der Waals surface area contributed by atoms with Crippen LogP contribution < -0.4 is 4.74 Å². The van der Waals surface area contributed by atoms with Gasteiger partial charge in [-0.05, 0) is 20.8 Å². The fraction of sp³-hybridized carbons (Fsp3) is 0.588. The van der Waals surface area contributed by atoms with Crippen LogP contribution >= 0.6 is 0 Å². The van der Waals surface area contributed by atoms with E-state index in [0.29, 0.717) is 16.9 Å². The number of likely N-dealkylation sites (tertiary alicyclic amines) is 1. The second-order valence-electron chi connectivity index (χ2n) is 7.33. The Balaban J connectivity index is 1.80. The first-order valence-corrected chi connectivity index (χ1v) is 8.56. The summed E-state index contributed by atoms with van der Waals surface area (Å²) in [5, 5.41) is 4.80. The van der Waals surface area contributed by atoms with Gasteiger partial charge in [-0.3, -0.25) is 9.58 Å². The van der Waals surface area contributed by atoms with Crippen molar-refractivity contribution in [1.82, 2.24) is 24.6 Å². The summed E-state index contributed by atoms with van der Waals surface area (Å²) in [7, 11) is 3.06. The molecule has 0 N–H and O–H groups in total. The van der Waals surface area contributed by atoms with Crippen molar-refractivity contribution in [1.29, 1.82) is 0 Å². The van der Waals surface area contributed by atoms with E-state index in [4.69, 9.17) is 14.2 Å². The molecule has 2 aromatic rings. The van der Waals surface area contributed by atoms with Crippen LogP contribution in [0.3, 0.4) is 0 Å². The molecule has 3 rings (SSSR count). The molecule has 0 aromatic carbocycles. The second-order valence-corrected chi connectivity index (χ2v) is 7.33. The number of rotatable bonds is 3. The Labute approximate surface area is 156 Å². The topological polar surface area (TPSA) is 109 Å². The largest absolute Gasteiger partial charge is 0.472 e. The number of carbonyl (C=O) groups excluding carboxylic acids is 2. The zero-order chi connectivity index (χ0) is 19.8. The molecule has 2 unspecified atom stereocenters. The highest BCUT2D eigenvalue weighted by molar-refractivity contribution is 5.82. The third-order valence-corrected chi connectivity index (χ3v) is 4.14. The van der Waals surface area contributed by atoms with E-state index in [1.807, 2.05) is 0 Å². The molecule has 146 valence electrons. The molecule has 1 fully saturated rings. The molecule has 1 aliphatic heterocycles. The number of carbonyl (C=O) groups is 2. The lowest BCUT2D eigenvalue weighted by atomic mass is 10.2. The number of aromatic nitrogens is 4. The molecule has 2 aromatic heterocycles. The highest BCUT2D eigenvalue weighted by Crippen LogP contribution is 2.28. The van der Waals surface area contributed by atoms with Gasteiger partial charge < -0.3 is 14.2 Å². The maximum Gasteiger partial charge on any atom is 0.411 e. The van der Waals surface area contributed by atoms with E-state index in [2.05, 4.69) is 15.1 Å². The lowest BCUT2D eigenvalue weighted by Gasteiger charge is -2.27. The van der Waals surface area contributed by atoms with Gasteiger partial charge in [-0.25, -0.2) is 19.6 Å². The average Bonchev–Trinajstić information content (AvgIpc) is 3.18. The minimum absolute atomic E-state index is 0.181. The number of hydrogen-bond acceptors (Lipinski definition) is 8. The van der Waals surface area contributed by atoms with Crippen molar-refractivity contribution in [2.24, 2.45) is 7.05 Å². The van der Waals surface area contributed by atoms with E-state index < -0.39 is 29.8 Å². The first-order chi connectivity index (χ1) is 12.7. The molecule has 0 spiro atoms. The summed E-state index contributed by atoms with van der Waals surface area (Å²) in [5.74, 6) is -0.158. The number of nitrogens with zero attached hydrogens (tertiary/aromatic N) is 5. The van der Waals surface area contributed by atoms with Gasteiger partial charge in [0.15, 0.2) is 5.65 Å². The van der Waals surface area contributed by atoms with E-state index in [1.165, 1.54) is 18.3 Å². The van der Waals surface area contributed by atoms with E-state index in [9.17, 15) is 9.59 Å². The molecule has 0 saturated carbocycles. The predicted molar refractivity (Wildman–Crippen MR) is 94.1 cm³/mol. The minimum atomic E-state index is -0.777. The Hall–Kier alpha value is -2.91. The monoisotopic (exact) mass is 377 g/mol. The molecular weight excluding hydrogens is 354 g/mol. The smallest absolute Gasteiger partial charge is 0.411 e. The molecule has 27 heavy (non-hydrogen) atoms. The summed E-state index contributed by atoms with van der Waals surface area (Å²) in [6, 6.07) is -0.777. The van der Waals surface area contributed by atoms with Gasteiger partial charge >= 0.3 is 12.1 Å². The highest BCUT2D eigenvalue weighted by atomic mass is 16.6. The lowest BCUT2D eigenvalue weighted by Crippen LogP contribution is -2.44. The Morgan fingerprint density at radius 2 is 2.00 bits per heavy atom. The lowest BCUT2D eigenvalue weighted by molar-refractivity contribution is -0.145. The van der Waals surface area contributed by atoms with Crippen molar-refractivity contribution in [2.75, 3.05) is 13.7 Å². The predicted octanol–water partition coefficient (Wildman–Crippen LogP) is 1.29. The fourth-order valence-corrected chi connectivity index (χ4v) is 2.96. The van der Waals surface area contributed by atoms with Gasteiger partial charge in [0.05, 0.1) is 19.9 Å². The summed E-state index contributed by atoms with van der Waals surface area (Å²) < 4.78 is 17.8. The molecular formula is C17H23N5O5. The Kier molecular flexibility index (Phi) is 4.90. The number of ether oxygens (including phenoxy) is 3. The van der Waals surface area contributed by atoms with Crippen LogP contribution in [0, 0.1) is 0 Å². The number of amides is 1. The van der Waals surface area contributed by atoms with Crippen molar-refractivity contribution in [3.63, 3.8) is 0 Å². The molecule has 10 heteroatoms. The van der Waals surface area contributed by atoms with Crippen molar-refractivity contribution >= 4 is 23.1 Å². The van der Waals surface area contributed by atoms with Crippen LogP contribution in [0.5, 0.6) is 5.88 Å². The Bertz CT molecular complexity index is 859. The number of methoxy groups -OCH3 is 1. The quantitative estimate of drug-likeness (QED) is 0.736. The summed E-state index contributed by atoms with van der Waals surface area (Å²) in [4.78, 5) is 34.3. The van der Waals surface area contributed by atoms with Crippen LogP contribution in [-0.4, -0.2) is 68.1 Å².